The van der Waals surface area contributed by atoms with Gasteiger partial charge in [0.25, 0.3) is 0 Å². The fourth-order valence-corrected chi connectivity index (χ4v) is 0.617. The van der Waals surface area contributed by atoms with E-state index in [4.69, 9.17) is 9.29 Å². The molecule has 0 radical (unpaired) electrons. The molecule has 0 saturated carbocycles. The molecule has 1 unspecified atom stereocenters. The molecule has 0 aromatic rings. The molecule has 0 aliphatic rings. The normalized spacial score (nSPS) is 15.6. The van der Waals surface area contributed by atoms with E-state index in [1.807, 2.05) is 0 Å². The highest BCUT2D eigenvalue weighted by molar-refractivity contribution is 7.80. The van der Waals surface area contributed by atoms with Gasteiger partial charge in [0, 0.05) is 7.11 Å². The lowest BCUT2D eigenvalue weighted by molar-refractivity contribution is 0.174. The third kappa shape index (κ3) is 2.93. The summed E-state index contributed by atoms with van der Waals surface area (Å²) in [6, 6.07) is 0. The SMILES string of the molecule is COCC(C)(C)S(=O)O. The molecule has 0 heterocycles. The van der Waals surface area contributed by atoms with Crippen molar-refractivity contribution in [3.05, 3.63) is 0 Å². The topological polar surface area (TPSA) is 46.5 Å². The molecule has 0 bridgehead atoms. The van der Waals surface area contributed by atoms with E-state index in [2.05, 4.69) is 0 Å². The van der Waals surface area contributed by atoms with Crippen LogP contribution in [-0.4, -0.2) is 27.2 Å². The summed E-state index contributed by atoms with van der Waals surface area (Å²) in [6.45, 7) is 3.65. The fourth-order valence-electron chi connectivity index (χ4n) is 0.398. The van der Waals surface area contributed by atoms with Gasteiger partial charge in [-0.3, -0.25) is 0 Å². The average Bonchev–Trinajstić information content (AvgIpc) is 1.65. The van der Waals surface area contributed by atoms with Gasteiger partial charge in [0.15, 0.2) is 11.1 Å². The van der Waals surface area contributed by atoms with Crippen molar-refractivity contribution < 1.29 is 13.5 Å². The quantitative estimate of drug-likeness (QED) is 0.603. The maximum Gasteiger partial charge on any atom is 0.160 e. The van der Waals surface area contributed by atoms with Gasteiger partial charge in [0.1, 0.15) is 0 Å². The van der Waals surface area contributed by atoms with Crippen molar-refractivity contribution in [2.24, 2.45) is 0 Å². The van der Waals surface area contributed by atoms with Crippen LogP contribution in [0.15, 0.2) is 0 Å². The summed E-state index contributed by atoms with van der Waals surface area (Å²) in [5.41, 5.74) is 0. The molecule has 1 N–H and O–H groups in total. The molecule has 0 spiro atoms. The van der Waals surface area contributed by atoms with E-state index >= 15 is 0 Å². The molecule has 3 nitrogen and oxygen atoms in total. The molecule has 1 atom stereocenters. The van der Waals surface area contributed by atoms with Crippen molar-refractivity contribution >= 4 is 11.1 Å². The second kappa shape index (κ2) is 3.29. The molecule has 0 aliphatic heterocycles. The zero-order valence-electron chi connectivity index (χ0n) is 5.88. The number of rotatable bonds is 3. The van der Waals surface area contributed by atoms with Crippen LogP contribution in [0.1, 0.15) is 13.8 Å². The van der Waals surface area contributed by atoms with Crippen molar-refractivity contribution in [1.82, 2.24) is 0 Å². The first-order chi connectivity index (χ1) is 4.00. The highest BCUT2D eigenvalue weighted by atomic mass is 32.2. The van der Waals surface area contributed by atoms with Crippen molar-refractivity contribution in [3.8, 4) is 0 Å². The van der Waals surface area contributed by atoms with E-state index in [0.717, 1.165) is 0 Å². The predicted molar refractivity (Wildman–Crippen MR) is 36.7 cm³/mol. The molecule has 56 valence electrons. The Balaban J connectivity index is 3.85. The predicted octanol–water partition coefficient (Wildman–Crippen LogP) is 0.633. The lowest BCUT2D eigenvalue weighted by Crippen LogP contribution is -2.31. The summed E-state index contributed by atoms with van der Waals surface area (Å²) >= 11 is -1.80. The summed E-state index contributed by atoms with van der Waals surface area (Å²) in [5, 5.41) is 0. The van der Waals surface area contributed by atoms with Crippen LogP contribution in [-0.2, 0) is 15.8 Å². The third-order valence-electron chi connectivity index (χ3n) is 0.965. The molecule has 0 aromatic carbocycles. The van der Waals surface area contributed by atoms with Gasteiger partial charge in [-0.05, 0) is 13.8 Å². The van der Waals surface area contributed by atoms with Crippen LogP contribution >= 0.6 is 0 Å². The van der Waals surface area contributed by atoms with E-state index in [1.165, 1.54) is 7.11 Å². The maximum absolute atomic E-state index is 10.4. The molecule has 0 amide bonds. The van der Waals surface area contributed by atoms with E-state index in [0.29, 0.717) is 6.61 Å². The molecular weight excluding hydrogens is 140 g/mol. The minimum Gasteiger partial charge on any atom is -0.383 e. The van der Waals surface area contributed by atoms with E-state index < -0.39 is 15.8 Å². The van der Waals surface area contributed by atoms with Gasteiger partial charge >= 0.3 is 0 Å². The van der Waals surface area contributed by atoms with Gasteiger partial charge in [-0.1, -0.05) is 0 Å². The van der Waals surface area contributed by atoms with Crippen LogP contribution in [0.5, 0.6) is 0 Å². The van der Waals surface area contributed by atoms with Crippen molar-refractivity contribution in [3.63, 3.8) is 0 Å². The minimum atomic E-state index is -1.80. The van der Waals surface area contributed by atoms with Crippen LogP contribution in [0, 0.1) is 0 Å². The summed E-state index contributed by atoms with van der Waals surface area (Å²) in [7, 11) is 1.51. The van der Waals surface area contributed by atoms with Gasteiger partial charge < -0.3 is 9.29 Å². The summed E-state index contributed by atoms with van der Waals surface area (Å²) < 4.78 is 23.1. The van der Waals surface area contributed by atoms with Gasteiger partial charge in [-0.2, -0.15) is 0 Å². The Morgan fingerprint density at radius 2 is 2.11 bits per heavy atom. The Kier molecular flexibility index (Phi) is 3.32. The molecule has 0 fully saturated rings. The van der Waals surface area contributed by atoms with Crippen LogP contribution in [0.4, 0.5) is 0 Å². The third-order valence-corrected chi connectivity index (χ3v) is 2.03. The Morgan fingerprint density at radius 1 is 1.67 bits per heavy atom. The summed E-state index contributed by atoms with van der Waals surface area (Å²) in [5.74, 6) is 0. The van der Waals surface area contributed by atoms with Crippen molar-refractivity contribution in [2.45, 2.75) is 18.6 Å². The molecule has 0 aliphatic carbocycles. The maximum atomic E-state index is 10.4. The van der Waals surface area contributed by atoms with Crippen molar-refractivity contribution in [2.75, 3.05) is 13.7 Å². The zero-order valence-corrected chi connectivity index (χ0v) is 6.70. The van der Waals surface area contributed by atoms with Crippen molar-refractivity contribution in [1.29, 1.82) is 0 Å². The number of ether oxygens (including phenoxy) is 1. The standard InChI is InChI=1S/C5H12O3S/c1-5(2,4-8-3)9(6)7/h4H2,1-3H3,(H,6,7). The summed E-state index contributed by atoms with van der Waals surface area (Å²) in [4.78, 5) is 0. The first-order valence-electron chi connectivity index (χ1n) is 2.60. The zero-order chi connectivity index (χ0) is 7.49. The highest BCUT2D eigenvalue weighted by Gasteiger charge is 2.24. The Hall–Kier alpha value is 0.0700. The van der Waals surface area contributed by atoms with Crippen LogP contribution in [0.3, 0.4) is 0 Å². The van der Waals surface area contributed by atoms with Crippen LogP contribution < -0.4 is 0 Å². The van der Waals surface area contributed by atoms with Gasteiger partial charge in [-0.15, -0.1) is 0 Å². The first kappa shape index (κ1) is 9.07. The lowest BCUT2D eigenvalue weighted by Gasteiger charge is -2.17. The second-order valence-corrected chi connectivity index (χ2v) is 4.05. The smallest absolute Gasteiger partial charge is 0.160 e. The average molecular weight is 152 g/mol. The Bertz CT molecular complexity index is 111. The first-order valence-corrected chi connectivity index (χ1v) is 3.71. The van der Waals surface area contributed by atoms with Crippen LogP contribution in [0.2, 0.25) is 0 Å². The van der Waals surface area contributed by atoms with Gasteiger partial charge in [0.2, 0.25) is 0 Å². The second-order valence-electron chi connectivity index (χ2n) is 2.44. The molecule has 0 saturated heterocycles. The van der Waals surface area contributed by atoms with E-state index in [-0.39, 0.29) is 0 Å². The minimum absolute atomic E-state index is 0.302. The summed E-state index contributed by atoms with van der Waals surface area (Å²) in [6.07, 6.45) is 0. The molecular formula is C5H12O3S. The monoisotopic (exact) mass is 152 g/mol. The Morgan fingerprint density at radius 3 is 2.22 bits per heavy atom. The van der Waals surface area contributed by atoms with Crippen LogP contribution in [0.25, 0.3) is 0 Å². The fraction of sp³-hybridized carbons (Fsp3) is 1.00. The molecule has 9 heavy (non-hydrogen) atoms. The van der Waals surface area contributed by atoms with Gasteiger partial charge in [-0.25, -0.2) is 4.21 Å². The molecule has 4 heteroatoms. The van der Waals surface area contributed by atoms with Gasteiger partial charge in [0.05, 0.1) is 11.4 Å². The molecule has 0 aromatic heterocycles. The number of methoxy groups -OCH3 is 1. The van der Waals surface area contributed by atoms with E-state index in [9.17, 15) is 4.21 Å². The number of hydrogen-bond donors (Lipinski definition) is 1. The molecule has 0 rings (SSSR count). The Labute approximate surface area is 57.7 Å². The largest absolute Gasteiger partial charge is 0.383 e. The highest BCUT2D eigenvalue weighted by Crippen LogP contribution is 2.09. The lowest BCUT2D eigenvalue weighted by atomic mass is 10.2. The number of hydrogen-bond acceptors (Lipinski definition) is 2. The van der Waals surface area contributed by atoms with E-state index in [1.54, 1.807) is 13.8 Å².